The first kappa shape index (κ1) is 14.5. The number of hydrogen-bond donors (Lipinski definition) is 0. The molecule has 6 heteroatoms. The smallest absolute Gasteiger partial charge is 0.290 e. The maximum absolute atomic E-state index is 10.9. The molecule has 106 valence electrons. The van der Waals surface area contributed by atoms with Gasteiger partial charge in [-0.25, -0.2) is 4.98 Å². The Kier molecular flexibility index (Phi) is 4.46. The molecule has 0 unspecified atom stereocenters. The van der Waals surface area contributed by atoms with Gasteiger partial charge in [-0.2, -0.15) is 5.26 Å². The van der Waals surface area contributed by atoms with Crippen LogP contribution in [0.2, 0.25) is 0 Å². The second-order valence-electron chi connectivity index (χ2n) is 4.48. The van der Waals surface area contributed by atoms with Crippen LogP contribution in [-0.2, 0) is 0 Å². The molecule has 0 aliphatic carbocycles. The van der Waals surface area contributed by atoms with E-state index >= 15 is 0 Å². The molecule has 0 amide bonds. The number of nitriles is 1. The van der Waals surface area contributed by atoms with E-state index in [1.807, 2.05) is 35.2 Å². The highest BCUT2D eigenvalue weighted by molar-refractivity contribution is 5.61. The first-order chi connectivity index (χ1) is 10.1. The number of nitro groups is 1. The first-order valence-corrected chi connectivity index (χ1v) is 6.44. The SMILES string of the molecule is Cc1cc(N(CCC#N)c2ccccc2)ncc1[N+](=O)[O-]. The summed E-state index contributed by atoms with van der Waals surface area (Å²) in [5.41, 5.74) is 1.43. The van der Waals surface area contributed by atoms with Gasteiger partial charge in [0.1, 0.15) is 12.0 Å². The van der Waals surface area contributed by atoms with Crippen LogP contribution in [-0.4, -0.2) is 16.5 Å². The van der Waals surface area contributed by atoms with Crippen molar-refractivity contribution < 1.29 is 4.92 Å². The molecule has 6 nitrogen and oxygen atoms in total. The molecule has 0 atom stereocenters. The van der Waals surface area contributed by atoms with Crippen LogP contribution >= 0.6 is 0 Å². The van der Waals surface area contributed by atoms with E-state index in [4.69, 9.17) is 5.26 Å². The first-order valence-electron chi connectivity index (χ1n) is 6.44. The Labute approximate surface area is 122 Å². The third-order valence-corrected chi connectivity index (χ3v) is 3.06. The molecule has 0 radical (unpaired) electrons. The molecule has 1 heterocycles. The number of pyridine rings is 1. The van der Waals surface area contributed by atoms with E-state index in [0.717, 1.165) is 5.69 Å². The zero-order valence-electron chi connectivity index (χ0n) is 11.6. The maximum Gasteiger partial charge on any atom is 0.290 e. The number of para-hydroxylation sites is 1. The minimum Gasteiger partial charge on any atom is -0.325 e. The van der Waals surface area contributed by atoms with E-state index in [2.05, 4.69) is 11.1 Å². The molecule has 0 spiro atoms. The van der Waals surface area contributed by atoms with Gasteiger partial charge in [-0.05, 0) is 25.1 Å². The summed E-state index contributed by atoms with van der Waals surface area (Å²) in [6, 6.07) is 13.3. The van der Waals surface area contributed by atoms with E-state index in [-0.39, 0.29) is 5.69 Å². The predicted molar refractivity (Wildman–Crippen MR) is 79.3 cm³/mol. The summed E-state index contributed by atoms with van der Waals surface area (Å²) >= 11 is 0. The molecule has 0 aliphatic heterocycles. The highest BCUT2D eigenvalue weighted by Crippen LogP contribution is 2.27. The fourth-order valence-corrected chi connectivity index (χ4v) is 2.02. The van der Waals surface area contributed by atoms with Crippen molar-refractivity contribution in [3.8, 4) is 6.07 Å². The molecule has 1 aromatic carbocycles. The standard InChI is InChI=1S/C15H14N4O2/c1-12-10-15(17-11-14(12)19(20)21)18(9-5-8-16)13-6-3-2-4-7-13/h2-4,6-7,10-11H,5,9H2,1H3. The Morgan fingerprint density at radius 1 is 1.38 bits per heavy atom. The minimum absolute atomic E-state index is 0.00737. The number of anilines is 2. The van der Waals surface area contributed by atoms with Gasteiger partial charge in [0, 0.05) is 17.8 Å². The average Bonchev–Trinajstić information content (AvgIpc) is 2.48. The number of aromatic nitrogens is 1. The van der Waals surface area contributed by atoms with Crippen molar-refractivity contribution in [3.63, 3.8) is 0 Å². The normalized spacial score (nSPS) is 9.90. The van der Waals surface area contributed by atoms with Crippen LogP contribution in [0.1, 0.15) is 12.0 Å². The second-order valence-corrected chi connectivity index (χ2v) is 4.48. The van der Waals surface area contributed by atoms with Crippen LogP contribution in [0.25, 0.3) is 0 Å². The molecule has 0 saturated carbocycles. The monoisotopic (exact) mass is 282 g/mol. The zero-order valence-corrected chi connectivity index (χ0v) is 11.6. The molecule has 1 aromatic heterocycles. The summed E-state index contributed by atoms with van der Waals surface area (Å²) in [5.74, 6) is 0.597. The fourth-order valence-electron chi connectivity index (χ4n) is 2.02. The van der Waals surface area contributed by atoms with Gasteiger partial charge in [0.15, 0.2) is 0 Å². The Bertz CT molecular complexity index is 680. The molecule has 0 N–H and O–H groups in total. The Hall–Kier alpha value is -2.94. The van der Waals surface area contributed by atoms with Crippen molar-refractivity contribution in [2.45, 2.75) is 13.3 Å². The lowest BCUT2D eigenvalue weighted by Crippen LogP contribution is -2.19. The summed E-state index contributed by atoms with van der Waals surface area (Å²) in [6.45, 7) is 2.15. The second kappa shape index (κ2) is 6.48. The fraction of sp³-hybridized carbons (Fsp3) is 0.200. The van der Waals surface area contributed by atoms with Gasteiger partial charge in [0.05, 0.1) is 17.4 Å². The molecule has 2 rings (SSSR count). The van der Waals surface area contributed by atoms with Crippen LogP contribution in [0.3, 0.4) is 0 Å². The molecular weight excluding hydrogens is 268 g/mol. The number of benzene rings is 1. The third kappa shape index (κ3) is 3.34. The van der Waals surface area contributed by atoms with Crippen molar-refractivity contribution in [2.75, 3.05) is 11.4 Å². The van der Waals surface area contributed by atoms with Gasteiger partial charge < -0.3 is 4.90 Å². The zero-order chi connectivity index (χ0) is 15.2. The lowest BCUT2D eigenvalue weighted by Gasteiger charge is -2.23. The molecule has 0 bridgehead atoms. The van der Waals surface area contributed by atoms with Gasteiger partial charge in [-0.15, -0.1) is 0 Å². The number of nitrogens with zero attached hydrogens (tertiary/aromatic N) is 4. The van der Waals surface area contributed by atoms with E-state index in [9.17, 15) is 10.1 Å². The van der Waals surface area contributed by atoms with Gasteiger partial charge in [0.25, 0.3) is 5.69 Å². The molecule has 0 saturated heterocycles. The molecule has 21 heavy (non-hydrogen) atoms. The lowest BCUT2D eigenvalue weighted by atomic mass is 10.2. The van der Waals surface area contributed by atoms with E-state index < -0.39 is 4.92 Å². The quantitative estimate of drug-likeness (QED) is 0.620. The van der Waals surface area contributed by atoms with E-state index in [1.54, 1.807) is 13.0 Å². The van der Waals surface area contributed by atoms with Crippen molar-refractivity contribution in [2.24, 2.45) is 0 Å². The molecular formula is C15H14N4O2. The highest BCUT2D eigenvalue weighted by Gasteiger charge is 2.16. The number of aryl methyl sites for hydroxylation is 1. The predicted octanol–water partition coefficient (Wildman–Crippen LogP) is 3.35. The Morgan fingerprint density at radius 3 is 2.67 bits per heavy atom. The number of rotatable bonds is 5. The van der Waals surface area contributed by atoms with Crippen LogP contribution in [0.4, 0.5) is 17.2 Å². The summed E-state index contributed by atoms with van der Waals surface area (Å²) in [6.07, 6.45) is 1.60. The van der Waals surface area contributed by atoms with Gasteiger partial charge in [-0.3, -0.25) is 10.1 Å². The average molecular weight is 282 g/mol. The topological polar surface area (TPSA) is 83.1 Å². The van der Waals surface area contributed by atoms with Crippen molar-refractivity contribution >= 4 is 17.2 Å². The van der Waals surface area contributed by atoms with Gasteiger partial charge in [0.2, 0.25) is 0 Å². The molecule has 0 fully saturated rings. The summed E-state index contributed by atoms with van der Waals surface area (Å²) in [4.78, 5) is 16.4. The van der Waals surface area contributed by atoms with Crippen LogP contribution in [0, 0.1) is 28.4 Å². The van der Waals surface area contributed by atoms with Gasteiger partial charge >= 0.3 is 0 Å². The Morgan fingerprint density at radius 2 is 2.10 bits per heavy atom. The van der Waals surface area contributed by atoms with Crippen LogP contribution in [0.15, 0.2) is 42.6 Å². The Balaban J connectivity index is 2.40. The maximum atomic E-state index is 10.9. The van der Waals surface area contributed by atoms with Crippen molar-refractivity contribution in [3.05, 3.63) is 58.3 Å². The lowest BCUT2D eigenvalue weighted by molar-refractivity contribution is -0.385. The summed E-state index contributed by atoms with van der Waals surface area (Å²) < 4.78 is 0. The summed E-state index contributed by atoms with van der Waals surface area (Å²) in [7, 11) is 0. The summed E-state index contributed by atoms with van der Waals surface area (Å²) in [5, 5.41) is 19.6. The van der Waals surface area contributed by atoms with Gasteiger partial charge in [-0.1, -0.05) is 18.2 Å². The molecule has 0 aliphatic rings. The largest absolute Gasteiger partial charge is 0.325 e. The van der Waals surface area contributed by atoms with Crippen molar-refractivity contribution in [1.29, 1.82) is 5.26 Å². The van der Waals surface area contributed by atoms with E-state index in [1.165, 1.54) is 6.20 Å². The van der Waals surface area contributed by atoms with Crippen molar-refractivity contribution in [1.82, 2.24) is 4.98 Å². The third-order valence-electron chi connectivity index (χ3n) is 3.06. The number of hydrogen-bond acceptors (Lipinski definition) is 5. The van der Waals surface area contributed by atoms with Crippen LogP contribution < -0.4 is 4.90 Å². The molecule has 2 aromatic rings. The van der Waals surface area contributed by atoms with E-state index in [0.29, 0.717) is 24.3 Å². The van der Waals surface area contributed by atoms with Crippen LogP contribution in [0.5, 0.6) is 0 Å². The highest BCUT2D eigenvalue weighted by atomic mass is 16.6. The minimum atomic E-state index is -0.450.